The molecule has 0 N–H and O–H groups in total. The van der Waals surface area contributed by atoms with Crippen molar-refractivity contribution in [2.75, 3.05) is 7.11 Å². The van der Waals surface area contributed by atoms with Crippen LogP contribution in [-0.4, -0.2) is 12.1 Å². The van der Waals surface area contributed by atoms with E-state index in [1.807, 2.05) is 0 Å². The van der Waals surface area contributed by atoms with Gasteiger partial charge in [0.05, 0.1) is 7.11 Å². The zero-order valence-electron chi connectivity index (χ0n) is 7.09. The molecule has 0 radical (unpaired) electrons. The molecule has 74 valence electrons. The molecule has 1 aromatic heterocycles. The number of pyridine rings is 1. The Morgan fingerprint density at radius 3 is 2.57 bits per heavy atom. The van der Waals surface area contributed by atoms with E-state index in [9.17, 15) is 13.2 Å². The molecule has 0 bridgehead atoms. The van der Waals surface area contributed by atoms with E-state index in [0.717, 1.165) is 6.20 Å². The van der Waals surface area contributed by atoms with Gasteiger partial charge in [-0.05, 0) is 6.07 Å². The van der Waals surface area contributed by atoms with E-state index < -0.39 is 17.4 Å². The maximum Gasteiger partial charge on any atom is 0.434 e. The van der Waals surface area contributed by atoms with Crippen LogP contribution in [0.4, 0.5) is 13.2 Å². The topological polar surface area (TPSA) is 45.9 Å². The van der Waals surface area contributed by atoms with E-state index in [-0.39, 0.29) is 5.75 Å². The molecule has 3 nitrogen and oxygen atoms in total. The first-order valence-corrected chi connectivity index (χ1v) is 3.51. The highest BCUT2D eigenvalue weighted by molar-refractivity contribution is 5.46. The van der Waals surface area contributed by atoms with E-state index in [2.05, 4.69) is 9.72 Å². The van der Waals surface area contributed by atoms with Crippen LogP contribution in [0.2, 0.25) is 0 Å². The highest BCUT2D eigenvalue weighted by Crippen LogP contribution is 2.33. The van der Waals surface area contributed by atoms with E-state index in [0.29, 0.717) is 0 Å². The minimum Gasteiger partial charge on any atom is -0.495 e. The molecular weight excluding hydrogens is 197 g/mol. The number of methoxy groups -OCH3 is 1. The molecule has 1 rings (SSSR count). The number of ether oxygens (including phenoxy) is 1. The third kappa shape index (κ3) is 1.76. The van der Waals surface area contributed by atoms with Crippen LogP contribution >= 0.6 is 0 Å². The van der Waals surface area contributed by atoms with E-state index in [4.69, 9.17) is 5.26 Å². The van der Waals surface area contributed by atoms with Crippen molar-refractivity contribution in [1.82, 2.24) is 4.98 Å². The number of alkyl halides is 3. The Hall–Kier alpha value is -1.77. The predicted molar refractivity (Wildman–Crippen MR) is 40.5 cm³/mol. The molecule has 0 aliphatic carbocycles. The molecule has 14 heavy (non-hydrogen) atoms. The number of nitrogens with zero attached hydrogens (tertiary/aromatic N) is 2. The van der Waals surface area contributed by atoms with Gasteiger partial charge in [0, 0.05) is 6.20 Å². The Kier molecular flexibility index (Phi) is 2.60. The summed E-state index contributed by atoms with van der Waals surface area (Å²) in [5, 5.41) is 8.52. The first-order valence-electron chi connectivity index (χ1n) is 3.51. The summed E-state index contributed by atoms with van der Waals surface area (Å²) in [5.41, 5.74) is -1.82. The second kappa shape index (κ2) is 3.54. The molecule has 0 saturated carbocycles. The van der Waals surface area contributed by atoms with Gasteiger partial charge in [0.2, 0.25) is 0 Å². The fourth-order valence-electron chi connectivity index (χ4n) is 0.937. The maximum absolute atomic E-state index is 12.3. The summed E-state index contributed by atoms with van der Waals surface area (Å²) in [7, 11) is 1.19. The minimum atomic E-state index is -4.64. The second-order valence-electron chi connectivity index (χ2n) is 2.35. The summed E-state index contributed by atoms with van der Waals surface area (Å²) >= 11 is 0. The zero-order valence-corrected chi connectivity index (χ0v) is 7.09. The van der Waals surface area contributed by atoms with Gasteiger partial charge >= 0.3 is 6.18 Å². The Balaban J connectivity index is 3.39. The number of halogens is 3. The van der Waals surface area contributed by atoms with E-state index >= 15 is 0 Å². The molecule has 0 saturated heterocycles. The Morgan fingerprint density at radius 2 is 2.14 bits per heavy atom. The van der Waals surface area contributed by atoms with Crippen molar-refractivity contribution < 1.29 is 17.9 Å². The lowest BCUT2D eigenvalue weighted by molar-refractivity contribution is -0.141. The lowest BCUT2D eigenvalue weighted by Crippen LogP contribution is -2.11. The number of rotatable bonds is 1. The summed E-state index contributed by atoms with van der Waals surface area (Å²) in [6, 6.07) is 2.62. The van der Waals surface area contributed by atoms with E-state index in [1.54, 1.807) is 0 Å². The standard InChI is InChI=1S/C8H5F3N2O/c1-14-6-2-3-13-7(5(6)4-12)8(9,10)11/h2-3H,1H3. The van der Waals surface area contributed by atoms with Gasteiger partial charge in [-0.15, -0.1) is 0 Å². The summed E-state index contributed by atoms with van der Waals surface area (Å²) in [5.74, 6) is -0.130. The number of hydrogen-bond donors (Lipinski definition) is 0. The second-order valence-corrected chi connectivity index (χ2v) is 2.35. The molecular formula is C8H5F3N2O. The third-order valence-corrected chi connectivity index (χ3v) is 1.51. The Morgan fingerprint density at radius 1 is 1.50 bits per heavy atom. The minimum absolute atomic E-state index is 0.130. The number of aromatic nitrogens is 1. The molecule has 0 aromatic carbocycles. The van der Waals surface area contributed by atoms with Crippen LogP contribution in [0, 0.1) is 11.3 Å². The van der Waals surface area contributed by atoms with Crippen molar-refractivity contribution in [3.8, 4) is 11.8 Å². The van der Waals surface area contributed by atoms with Gasteiger partial charge in [-0.2, -0.15) is 18.4 Å². The summed E-state index contributed by atoms with van der Waals surface area (Å²) in [6.45, 7) is 0. The van der Waals surface area contributed by atoms with Crippen LogP contribution in [-0.2, 0) is 6.18 Å². The number of hydrogen-bond acceptors (Lipinski definition) is 3. The predicted octanol–water partition coefficient (Wildman–Crippen LogP) is 1.98. The van der Waals surface area contributed by atoms with Crippen LogP contribution < -0.4 is 4.74 Å². The highest BCUT2D eigenvalue weighted by atomic mass is 19.4. The van der Waals surface area contributed by atoms with Gasteiger partial charge in [0.15, 0.2) is 5.69 Å². The number of nitriles is 1. The quantitative estimate of drug-likeness (QED) is 0.699. The van der Waals surface area contributed by atoms with Crippen molar-refractivity contribution in [3.63, 3.8) is 0 Å². The maximum atomic E-state index is 12.3. The Bertz CT molecular complexity index is 381. The summed E-state index contributed by atoms with van der Waals surface area (Å²) < 4.78 is 41.5. The largest absolute Gasteiger partial charge is 0.495 e. The molecule has 0 fully saturated rings. The van der Waals surface area contributed by atoms with Crippen molar-refractivity contribution in [2.45, 2.75) is 6.18 Å². The average molecular weight is 202 g/mol. The fraction of sp³-hybridized carbons (Fsp3) is 0.250. The van der Waals surface area contributed by atoms with Crippen molar-refractivity contribution >= 4 is 0 Å². The lowest BCUT2D eigenvalue weighted by Gasteiger charge is -2.09. The first kappa shape index (κ1) is 10.3. The first-order chi connectivity index (χ1) is 6.50. The van der Waals surface area contributed by atoms with Gasteiger partial charge < -0.3 is 4.74 Å². The molecule has 0 aliphatic heterocycles. The monoisotopic (exact) mass is 202 g/mol. The van der Waals surface area contributed by atoms with Gasteiger partial charge in [-0.1, -0.05) is 0 Å². The smallest absolute Gasteiger partial charge is 0.434 e. The van der Waals surface area contributed by atoms with Gasteiger partial charge in [-0.3, -0.25) is 4.98 Å². The molecule has 1 heterocycles. The van der Waals surface area contributed by atoms with Crippen molar-refractivity contribution in [2.24, 2.45) is 0 Å². The molecule has 0 unspecified atom stereocenters. The van der Waals surface area contributed by atoms with Gasteiger partial charge in [0.25, 0.3) is 0 Å². The van der Waals surface area contributed by atoms with Gasteiger partial charge in [-0.25, -0.2) is 0 Å². The van der Waals surface area contributed by atoms with Gasteiger partial charge in [0.1, 0.15) is 17.4 Å². The molecule has 0 atom stereocenters. The SMILES string of the molecule is COc1ccnc(C(F)(F)F)c1C#N. The summed E-state index contributed by atoms with van der Waals surface area (Å²) in [4.78, 5) is 3.10. The third-order valence-electron chi connectivity index (χ3n) is 1.51. The van der Waals surface area contributed by atoms with Crippen LogP contribution in [0.3, 0.4) is 0 Å². The van der Waals surface area contributed by atoms with Crippen LogP contribution in [0.25, 0.3) is 0 Å². The van der Waals surface area contributed by atoms with Crippen molar-refractivity contribution in [1.29, 1.82) is 5.26 Å². The lowest BCUT2D eigenvalue weighted by atomic mass is 10.2. The van der Waals surface area contributed by atoms with Crippen LogP contribution in [0.5, 0.6) is 5.75 Å². The average Bonchev–Trinajstić information content (AvgIpc) is 2.15. The van der Waals surface area contributed by atoms with E-state index in [1.165, 1.54) is 19.2 Å². The molecule has 0 aliphatic rings. The fourth-order valence-corrected chi connectivity index (χ4v) is 0.937. The normalized spacial score (nSPS) is 10.8. The molecule has 0 spiro atoms. The van der Waals surface area contributed by atoms with Crippen molar-refractivity contribution in [3.05, 3.63) is 23.5 Å². The van der Waals surface area contributed by atoms with Crippen LogP contribution in [0.15, 0.2) is 12.3 Å². The Labute approximate surface area is 77.7 Å². The van der Waals surface area contributed by atoms with Crippen LogP contribution in [0.1, 0.15) is 11.3 Å². The molecule has 6 heteroatoms. The highest BCUT2D eigenvalue weighted by Gasteiger charge is 2.36. The molecule has 1 aromatic rings. The summed E-state index contributed by atoms with van der Waals surface area (Å²) in [6.07, 6.45) is -3.69. The molecule has 0 amide bonds. The zero-order chi connectivity index (χ0) is 10.8.